The van der Waals surface area contributed by atoms with Gasteiger partial charge in [0.1, 0.15) is 11.6 Å². The fourth-order valence-corrected chi connectivity index (χ4v) is 6.23. The van der Waals surface area contributed by atoms with Crippen LogP contribution in [0.5, 0.6) is 0 Å². The molecule has 0 aliphatic heterocycles. The van der Waals surface area contributed by atoms with Gasteiger partial charge < -0.3 is 14.9 Å². The Bertz CT molecular complexity index is 2340. The molecule has 5 heteroatoms. The smallest absolute Gasteiger partial charge is 0.346 e. The minimum Gasteiger partial charge on any atom is -0.477 e. The molecule has 0 amide bonds. The zero-order valence-corrected chi connectivity index (χ0v) is 28.8. The Morgan fingerprint density at radius 2 is 0.755 bits per heavy atom. The number of carboxylic acid groups (broad SMARTS) is 1. The third-order valence-electron chi connectivity index (χ3n) is 8.90. The van der Waals surface area contributed by atoms with Gasteiger partial charge in [-0.05, 0) is 107 Å². The summed E-state index contributed by atoms with van der Waals surface area (Å²) in [6, 6.07) is 66.7. The molecule has 0 bridgehead atoms. The van der Waals surface area contributed by atoms with Crippen LogP contribution in [0.2, 0.25) is 0 Å². The molecule has 0 heterocycles. The van der Waals surface area contributed by atoms with Gasteiger partial charge in [0.15, 0.2) is 0 Å². The molecule has 0 radical (unpaired) electrons. The maximum absolute atomic E-state index is 11.1. The predicted octanol–water partition coefficient (Wildman–Crippen LogP) is 12.5. The van der Waals surface area contributed by atoms with E-state index in [1.807, 2.05) is 54.6 Å². The first-order valence-electron chi connectivity index (χ1n) is 17.3. The van der Waals surface area contributed by atoms with Gasteiger partial charge in [0.05, 0.1) is 0 Å². The van der Waals surface area contributed by atoms with E-state index in [9.17, 15) is 4.79 Å². The Morgan fingerprint density at radius 3 is 1.08 bits per heavy atom. The number of carboxylic acids is 1. The van der Waals surface area contributed by atoms with Crippen LogP contribution in [-0.2, 0) is 4.79 Å². The van der Waals surface area contributed by atoms with Crippen molar-refractivity contribution in [2.45, 2.75) is 0 Å². The minimum absolute atomic E-state index is 0.312. The van der Waals surface area contributed by atoms with Crippen LogP contribution in [-0.4, -0.2) is 11.1 Å². The van der Waals surface area contributed by atoms with Gasteiger partial charge >= 0.3 is 5.97 Å². The van der Waals surface area contributed by atoms with Crippen LogP contribution in [0.1, 0.15) is 5.56 Å². The molecule has 7 aromatic rings. The molecular formula is C48H35N3O2. The Labute approximate surface area is 309 Å². The highest BCUT2D eigenvalue weighted by atomic mass is 16.4. The van der Waals surface area contributed by atoms with E-state index < -0.39 is 5.97 Å². The van der Waals surface area contributed by atoms with Crippen molar-refractivity contribution in [1.29, 1.82) is 5.26 Å². The molecule has 0 atom stereocenters. The first-order chi connectivity index (χ1) is 26.1. The third kappa shape index (κ3) is 7.99. The van der Waals surface area contributed by atoms with Crippen molar-refractivity contribution in [2.75, 3.05) is 9.80 Å². The molecule has 0 saturated carbocycles. The quantitative estimate of drug-likeness (QED) is 0.0834. The molecule has 7 aromatic carbocycles. The number of nitrogens with zero attached hydrogens (tertiary/aromatic N) is 3. The van der Waals surface area contributed by atoms with Gasteiger partial charge in [-0.3, -0.25) is 0 Å². The maximum atomic E-state index is 11.1. The number of anilines is 6. The van der Waals surface area contributed by atoms with Gasteiger partial charge in [-0.2, -0.15) is 5.26 Å². The second-order valence-electron chi connectivity index (χ2n) is 12.3. The number of rotatable bonds is 11. The zero-order chi connectivity index (χ0) is 36.4. The monoisotopic (exact) mass is 685 g/mol. The number of allylic oxidation sites excluding steroid dienone is 2. The lowest BCUT2D eigenvalue weighted by Gasteiger charge is -2.25. The van der Waals surface area contributed by atoms with Crippen LogP contribution in [0.4, 0.5) is 34.1 Å². The average Bonchev–Trinajstić information content (AvgIpc) is 3.22. The van der Waals surface area contributed by atoms with Gasteiger partial charge in [-0.1, -0.05) is 127 Å². The lowest BCUT2D eigenvalue weighted by molar-refractivity contribution is -0.132. The second-order valence-corrected chi connectivity index (χ2v) is 12.3. The van der Waals surface area contributed by atoms with Crippen molar-refractivity contribution in [3.05, 3.63) is 211 Å². The van der Waals surface area contributed by atoms with Crippen molar-refractivity contribution >= 4 is 46.2 Å². The lowest BCUT2D eigenvalue weighted by atomic mass is 9.99. The van der Waals surface area contributed by atoms with E-state index in [-0.39, 0.29) is 5.57 Å². The summed E-state index contributed by atoms with van der Waals surface area (Å²) in [6.07, 6.45) is 4.65. The Morgan fingerprint density at radius 1 is 0.453 bits per heavy atom. The summed E-state index contributed by atoms with van der Waals surface area (Å²) in [5.74, 6) is -1.24. The number of hydrogen-bond donors (Lipinski definition) is 1. The number of nitriles is 1. The molecule has 0 aliphatic carbocycles. The van der Waals surface area contributed by atoms with Crippen LogP contribution in [0, 0.1) is 11.3 Å². The molecular weight excluding hydrogens is 651 g/mol. The van der Waals surface area contributed by atoms with Crippen LogP contribution < -0.4 is 9.80 Å². The first kappa shape index (κ1) is 34.0. The van der Waals surface area contributed by atoms with Crippen LogP contribution in [0.15, 0.2) is 206 Å². The van der Waals surface area contributed by atoms with Crippen molar-refractivity contribution in [1.82, 2.24) is 0 Å². The third-order valence-corrected chi connectivity index (χ3v) is 8.90. The standard InChI is InChI=1S/C48H35N3O2/c49-35-41(48(52)53)12-10-11-36-19-29-45(30-20-36)51(44-17-8-3-9-18-44)47-33-27-40(28-34-47)38-23-21-37(22-24-38)39-25-31-46(32-26-39)50(42-13-4-1-5-14-42)43-15-6-2-7-16-43/h1-34H,(H,52,53)/b11-10+,41-12+. The van der Waals surface area contributed by atoms with Crippen LogP contribution in [0.25, 0.3) is 28.3 Å². The molecule has 7 rings (SSSR count). The SMILES string of the molecule is N#C/C(=C\C=C\c1ccc(N(c2ccccc2)c2ccc(-c3ccc(-c4ccc(N(c5ccccc5)c5ccccc5)cc4)cc3)cc2)cc1)C(=O)O. The van der Waals surface area contributed by atoms with Gasteiger partial charge in [-0.25, -0.2) is 4.79 Å². The Kier molecular flexibility index (Phi) is 10.3. The molecule has 1 N–H and O–H groups in total. The predicted molar refractivity (Wildman–Crippen MR) is 217 cm³/mol. The second kappa shape index (κ2) is 16.1. The van der Waals surface area contributed by atoms with E-state index in [1.165, 1.54) is 6.08 Å². The lowest BCUT2D eigenvalue weighted by Crippen LogP contribution is -2.09. The zero-order valence-electron chi connectivity index (χ0n) is 28.8. The maximum Gasteiger partial charge on any atom is 0.346 e. The normalized spacial score (nSPS) is 11.2. The largest absolute Gasteiger partial charge is 0.477 e. The van der Waals surface area contributed by atoms with Gasteiger partial charge in [0.2, 0.25) is 0 Å². The topological polar surface area (TPSA) is 67.6 Å². The van der Waals surface area contributed by atoms with Gasteiger partial charge in [0, 0.05) is 34.1 Å². The molecule has 254 valence electrons. The highest BCUT2D eigenvalue weighted by molar-refractivity contribution is 5.91. The van der Waals surface area contributed by atoms with Gasteiger partial charge in [-0.15, -0.1) is 0 Å². The average molecular weight is 686 g/mol. The van der Waals surface area contributed by atoms with E-state index in [0.29, 0.717) is 0 Å². The highest BCUT2D eigenvalue weighted by Crippen LogP contribution is 2.37. The summed E-state index contributed by atoms with van der Waals surface area (Å²) < 4.78 is 0. The van der Waals surface area contributed by atoms with Crippen molar-refractivity contribution in [2.24, 2.45) is 0 Å². The Hall–Kier alpha value is -7.42. The van der Waals surface area contributed by atoms with E-state index in [4.69, 9.17) is 10.4 Å². The summed E-state index contributed by atoms with van der Waals surface area (Å²) in [5, 5.41) is 18.0. The van der Waals surface area contributed by atoms with E-state index >= 15 is 0 Å². The summed E-state index contributed by atoms with van der Waals surface area (Å²) in [5.41, 5.74) is 11.5. The molecule has 0 saturated heterocycles. The molecule has 0 aromatic heterocycles. The summed E-state index contributed by atoms with van der Waals surface area (Å²) >= 11 is 0. The molecule has 0 aliphatic rings. The van der Waals surface area contributed by atoms with Crippen molar-refractivity contribution in [3.8, 4) is 28.3 Å². The van der Waals surface area contributed by atoms with E-state index in [1.54, 1.807) is 18.2 Å². The molecule has 5 nitrogen and oxygen atoms in total. The first-order valence-corrected chi connectivity index (χ1v) is 17.3. The number of hydrogen-bond acceptors (Lipinski definition) is 4. The van der Waals surface area contributed by atoms with Crippen molar-refractivity contribution < 1.29 is 9.90 Å². The number of benzene rings is 7. The fourth-order valence-electron chi connectivity index (χ4n) is 6.23. The number of para-hydroxylation sites is 3. The van der Waals surface area contributed by atoms with Crippen LogP contribution in [0.3, 0.4) is 0 Å². The Balaban J connectivity index is 1.09. The van der Waals surface area contributed by atoms with Crippen molar-refractivity contribution in [3.63, 3.8) is 0 Å². The molecule has 0 spiro atoms. The molecule has 0 unspecified atom stereocenters. The summed E-state index contributed by atoms with van der Waals surface area (Å²) in [4.78, 5) is 15.6. The molecule has 53 heavy (non-hydrogen) atoms. The number of aliphatic carboxylic acids is 1. The summed E-state index contributed by atoms with van der Waals surface area (Å²) in [7, 11) is 0. The van der Waals surface area contributed by atoms with Gasteiger partial charge in [0.25, 0.3) is 0 Å². The fraction of sp³-hybridized carbons (Fsp3) is 0. The minimum atomic E-state index is -1.24. The van der Waals surface area contributed by atoms with E-state index in [0.717, 1.165) is 61.9 Å². The molecule has 0 fully saturated rings. The summed E-state index contributed by atoms with van der Waals surface area (Å²) in [6.45, 7) is 0. The highest BCUT2D eigenvalue weighted by Gasteiger charge is 2.14. The van der Waals surface area contributed by atoms with Crippen LogP contribution >= 0.6 is 0 Å². The van der Waals surface area contributed by atoms with E-state index in [2.05, 4.69) is 143 Å². The number of carbonyl (C=O) groups is 1.